The van der Waals surface area contributed by atoms with Gasteiger partial charge >= 0.3 is 0 Å². The predicted octanol–water partition coefficient (Wildman–Crippen LogP) is 3.20. The van der Waals surface area contributed by atoms with Gasteiger partial charge in [-0.2, -0.15) is 0 Å². The van der Waals surface area contributed by atoms with E-state index in [2.05, 4.69) is 18.4 Å². The van der Waals surface area contributed by atoms with Crippen molar-refractivity contribution in [2.75, 3.05) is 0 Å². The molecule has 0 N–H and O–H groups in total. The summed E-state index contributed by atoms with van der Waals surface area (Å²) in [6, 6.07) is 0.261. The first kappa shape index (κ1) is 14.1. The number of hydrogen-bond acceptors (Lipinski definition) is 1. The summed E-state index contributed by atoms with van der Waals surface area (Å²) in [6.07, 6.45) is 12.1. The molecule has 0 fully saturated rings. The minimum Gasteiger partial charge on any atom is -0.319 e. The predicted molar refractivity (Wildman–Crippen MR) is 75.6 cm³/mol. The Kier molecular flexibility index (Phi) is 5.73. The maximum absolute atomic E-state index is 10.7. The largest absolute Gasteiger partial charge is 0.319 e. The van der Waals surface area contributed by atoms with Crippen molar-refractivity contribution in [3.63, 3.8) is 0 Å². The third-order valence-electron chi connectivity index (χ3n) is 2.69. The molecule has 0 bridgehead atoms. The second kappa shape index (κ2) is 7.34. The van der Waals surface area contributed by atoms with Crippen LogP contribution in [-0.4, -0.2) is 17.4 Å². The van der Waals surface area contributed by atoms with Crippen LogP contribution in [0.25, 0.3) is 0 Å². The Hall–Kier alpha value is -2.01. The molecule has 1 atom stereocenters. The lowest BCUT2D eigenvalue weighted by molar-refractivity contribution is -0.116. The van der Waals surface area contributed by atoms with Gasteiger partial charge < -0.3 is 4.90 Å². The van der Waals surface area contributed by atoms with Gasteiger partial charge in [-0.25, -0.2) is 0 Å². The number of nitrogens with zero attached hydrogens (tertiary/aromatic N) is 1. The van der Waals surface area contributed by atoms with Crippen LogP contribution in [0.2, 0.25) is 0 Å². The van der Waals surface area contributed by atoms with Crippen molar-refractivity contribution >= 4 is 6.41 Å². The highest BCUT2D eigenvalue weighted by atomic mass is 16.1. The average Bonchev–Trinajstić information content (AvgIpc) is 2.70. The van der Waals surface area contributed by atoms with E-state index in [1.165, 1.54) is 5.57 Å². The van der Waals surface area contributed by atoms with Crippen LogP contribution in [0.3, 0.4) is 0 Å². The Morgan fingerprint density at radius 1 is 1.61 bits per heavy atom. The zero-order valence-corrected chi connectivity index (χ0v) is 11.0. The summed E-state index contributed by atoms with van der Waals surface area (Å²) in [7, 11) is 0. The summed E-state index contributed by atoms with van der Waals surface area (Å²) >= 11 is 0. The Morgan fingerprint density at radius 3 is 3.00 bits per heavy atom. The average molecular weight is 241 g/mol. The number of hydrogen-bond donors (Lipinski definition) is 0. The van der Waals surface area contributed by atoms with E-state index in [9.17, 15) is 4.79 Å². The molecule has 1 heterocycles. The first-order valence-corrected chi connectivity index (χ1v) is 6.06. The van der Waals surface area contributed by atoms with Gasteiger partial charge in [-0.1, -0.05) is 36.6 Å². The fraction of sp³-hybridized carbons (Fsp3) is 0.312. The smallest absolute Gasteiger partial charge is 0.213 e. The molecule has 1 aliphatic heterocycles. The third kappa shape index (κ3) is 4.47. The quantitative estimate of drug-likeness (QED) is 0.420. The fourth-order valence-corrected chi connectivity index (χ4v) is 1.72. The van der Waals surface area contributed by atoms with Gasteiger partial charge in [0.2, 0.25) is 6.41 Å². The van der Waals surface area contributed by atoms with E-state index in [0.29, 0.717) is 6.42 Å². The van der Waals surface area contributed by atoms with Crippen LogP contribution in [0.1, 0.15) is 26.7 Å². The lowest BCUT2D eigenvalue weighted by atomic mass is 10.1. The summed E-state index contributed by atoms with van der Waals surface area (Å²) in [5, 5.41) is 0. The molecule has 0 spiro atoms. The summed E-state index contributed by atoms with van der Waals surface area (Å²) in [5.74, 6) is 6.09. The van der Waals surface area contributed by atoms with E-state index in [-0.39, 0.29) is 6.04 Å². The molecule has 0 aromatic heterocycles. The number of rotatable bonds is 4. The minimum absolute atomic E-state index is 0.261. The first-order chi connectivity index (χ1) is 8.67. The second-order valence-corrected chi connectivity index (χ2v) is 4.28. The summed E-state index contributed by atoms with van der Waals surface area (Å²) in [5.41, 5.74) is 2.00. The van der Waals surface area contributed by atoms with Gasteiger partial charge in [0.1, 0.15) is 0 Å². The summed E-state index contributed by atoms with van der Waals surface area (Å²) in [6.45, 7) is 7.85. The molecule has 0 aliphatic carbocycles. The number of amides is 1. The van der Waals surface area contributed by atoms with E-state index in [1.807, 2.05) is 44.4 Å². The number of carbonyl (C=O) groups excluding carboxylic acids is 1. The lowest BCUT2D eigenvalue weighted by Gasteiger charge is -2.12. The highest BCUT2D eigenvalue weighted by molar-refractivity contribution is 5.52. The maximum atomic E-state index is 10.7. The van der Waals surface area contributed by atoms with E-state index < -0.39 is 0 Å². The molecule has 0 aromatic rings. The molecule has 1 rings (SSSR count). The van der Waals surface area contributed by atoms with E-state index in [4.69, 9.17) is 0 Å². The Bertz CT molecular complexity index is 457. The molecule has 94 valence electrons. The zero-order valence-electron chi connectivity index (χ0n) is 11.0. The molecule has 2 heteroatoms. The standard InChI is InChI=1S/C16H19NO/c1-4-5-6-8-14(2)9-7-10-16-11-15(3)17(12-16)13-18/h4-6,8,12-13,15H,2,10-11H2,1,3H3/b5-4-,8-6-. The number of allylic oxidation sites excluding steroid dienone is 5. The van der Waals surface area contributed by atoms with Crippen LogP contribution in [0.15, 0.2) is 48.2 Å². The van der Waals surface area contributed by atoms with Gasteiger partial charge in [0.15, 0.2) is 0 Å². The van der Waals surface area contributed by atoms with Crippen LogP contribution in [-0.2, 0) is 4.79 Å². The van der Waals surface area contributed by atoms with Crippen molar-refractivity contribution in [2.45, 2.75) is 32.7 Å². The van der Waals surface area contributed by atoms with E-state index in [0.717, 1.165) is 18.4 Å². The molecule has 0 saturated heterocycles. The van der Waals surface area contributed by atoms with Crippen LogP contribution in [0, 0.1) is 11.8 Å². The summed E-state index contributed by atoms with van der Waals surface area (Å²) < 4.78 is 0. The molecule has 0 saturated carbocycles. The molecule has 1 amide bonds. The van der Waals surface area contributed by atoms with Gasteiger partial charge in [-0.05, 0) is 31.9 Å². The molecule has 0 radical (unpaired) electrons. The summed E-state index contributed by atoms with van der Waals surface area (Å²) in [4.78, 5) is 12.4. The van der Waals surface area contributed by atoms with Crippen LogP contribution in [0.5, 0.6) is 0 Å². The minimum atomic E-state index is 0.261. The van der Waals surface area contributed by atoms with Gasteiger partial charge in [0.05, 0.1) is 0 Å². The Labute approximate surface area is 109 Å². The van der Waals surface area contributed by atoms with Crippen molar-refractivity contribution in [2.24, 2.45) is 0 Å². The monoisotopic (exact) mass is 241 g/mol. The Balaban J connectivity index is 2.47. The van der Waals surface area contributed by atoms with Crippen LogP contribution in [0.4, 0.5) is 0 Å². The van der Waals surface area contributed by atoms with Gasteiger partial charge in [-0.15, -0.1) is 0 Å². The van der Waals surface area contributed by atoms with Crippen molar-refractivity contribution < 1.29 is 4.79 Å². The highest BCUT2D eigenvalue weighted by Gasteiger charge is 2.18. The SMILES string of the molecule is C=C(C#CCC1=CN(C=O)C(C)C1)/C=C\C=C/C. The zero-order chi connectivity index (χ0) is 13.4. The third-order valence-corrected chi connectivity index (χ3v) is 2.69. The number of carbonyl (C=O) groups is 1. The normalized spacial score (nSPS) is 18.9. The molecular weight excluding hydrogens is 222 g/mol. The van der Waals surface area contributed by atoms with Crippen LogP contribution < -0.4 is 0 Å². The lowest BCUT2D eigenvalue weighted by Crippen LogP contribution is -2.21. The molecule has 1 unspecified atom stereocenters. The van der Waals surface area contributed by atoms with Gasteiger partial charge in [0, 0.05) is 24.2 Å². The van der Waals surface area contributed by atoms with Crippen LogP contribution >= 0.6 is 0 Å². The fourth-order valence-electron chi connectivity index (χ4n) is 1.72. The van der Waals surface area contributed by atoms with Crippen molar-refractivity contribution in [1.82, 2.24) is 4.90 Å². The molecule has 0 aromatic carbocycles. The van der Waals surface area contributed by atoms with Gasteiger partial charge in [-0.3, -0.25) is 4.79 Å². The topological polar surface area (TPSA) is 20.3 Å². The van der Waals surface area contributed by atoms with E-state index in [1.54, 1.807) is 4.90 Å². The molecule has 2 nitrogen and oxygen atoms in total. The first-order valence-electron chi connectivity index (χ1n) is 6.06. The van der Waals surface area contributed by atoms with Crippen molar-refractivity contribution in [3.05, 3.63) is 48.2 Å². The maximum Gasteiger partial charge on any atom is 0.213 e. The second-order valence-electron chi connectivity index (χ2n) is 4.28. The van der Waals surface area contributed by atoms with Gasteiger partial charge in [0.25, 0.3) is 0 Å². The highest BCUT2D eigenvalue weighted by Crippen LogP contribution is 2.21. The van der Waals surface area contributed by atoms with Crippen molar-refractivity contribution in [3.8, 4) is 11.8 Å². The Morgan fingerprint density at radius 2 is 2.39 bits per heavy atom. The molecule has 1 aliphatic rings. The van der Waals surface area contributed by atoms with E-state index >= 15 is 0 Å². The van der Waals surface area contributed by atoms with Crippen molar-refractivity contribution in [1.29, 1.82) is 0 Å². The molecular formula is C16H19NO. The molecule has 18 heavy (non-hydrogen) atoms.